The van der Waals surface area contributed by atoms with E-state index >= 15 is 0 Å². The van der Waals surface area contributed by atoms with Crippen LogP contribution in [0.2, 0.25) is 0 Å². The molecule has 1 aromatic heterocycles. The van der Waals surface area contributed by atoms with Crippen LogP contribution >= 0.6 is 15.9 Å². The van der Waals surface area contributed by atoms with E-state index in [-0.39, 0.29) is 0 Å². The molecule has 1 aliphatic rings. The van der Waals surface area contributed by atoms with Crippen molar-refractivity contribution in [2.75, 3.05) is 33.7 Å². The van der Waals surface area contributed by atoms with Crippen molar-refractivity contribution in [3.63, 3.8) is 0 Å². The molecule has 1 unspecified atom stereocenters. The molecule has 0 spiro atoms. The maximum absolute atomic E-state index is 4.68. The standard InChI is InChI=1S/C13H21BrN4/c1-10-11(7-14)8-15-13(16-10)12-9-17(2)5-4-6-18(12)3/h8,12H,4-7,9H2,1-3H3. The fourth-order valence-corrected chi connectivity index (χ4v) is 2.90. The fourth-order valence-electron chi connectivity index (χ4n) is 2.35. The minimum atomic E-state index is 0.306. The largest absolute Gasteiger partial charge is 0.304 e. The summed E-state index contributed by atoms with van der Waals surface area (Å²) in [6.45, 7) is 5.32. The normalized spacial score (nSPS) is 23.0. The Kier molecular flexibility index (Phi) is 4.70. The van der Waals surface area contributed by atoms with Crippen molar-refractivity contribution in [3.05, 3.63) is 23.3 Å². The summed E-state index contributed by atoms with van der Waals surface area (Å²) in [6.07, 6.45) is 3.16. The number of aromatic nitrogens is 2. The van der Waals surface area contributed by atoms with Crippen molar-refractivity contribution in [1.29, 1.82) is 0 Å². The maximum atomic E-state index is 4.68. The maximum Gasteiger partial charge on any atom is 0.146 e. The molecule has 0 aliphatic carbocycles. The van der Waals surface area contributed by atoms with E-state index in [4.69, 9.17) is 0 Å². The molecule has 0 aromatic carbocycles. The van der Waals surface area contributed by atoms with Gasteiger partial charge in [-0.1, -0.05) is 15.9 Å². The monoisotopic (exact) mass is 312 g/mol. The third-order valence-electron chi connectivity index (χ3n) is 3.61. The van der Waals surface area contributed by atoms with E-state index in [0.29, 0.717) is 6.04 Å². The first-order valence-electron chi connectivity index (χ1n) is 6.39. The molecule has 2 rings (SSSR count). The molecule has 100 valence electrons. The van der Waals surface area contributed by atoms with Crippen LogP contribution in [0.25, 0.3) is 0 Å². The molecule has 4 nitrogen and oxygen atoms in total. The smallest absolute Gasteiger partial charge is 0.146 e. The van der Waals surface area contributed by atoms with Crippen LogP contribution in [-0.4, -0.2) is 53.5 Å². The summed E-state index contributed by atoms with van der Waals surface area (Å²) in [5.74, 6) is 0.952. The lowest BCUT2D eigenvalue weighted by atomic mass is 10.2. The molecule has 0 radical (unpaired) electrons. The highest BCUT2D eigenvalue weighted by atomic mass is 79.9. The van der Waals surface area contributed by atoms with Gasteiger partial charge in [-0.2, -0.15) is 0 Å². The van der Waals surface area contributed by atoms with Gasteiger partial charge >= 0.3 is 0 Å². The zero-order chi connectivity index (χ0) is 13.1. The second-order valence-corrected chi connectivity index (χ2v) is 5.65. The van der Waals surface area contributed by atoms with Crippen LogP contribution in [0.3, 0.4) is 0 Å². The van der Waals surface area contributed by atoms with Crippen molar-refractivity contribution >= 4 is 15.9 Å². The van der Waals surface area contributed by atoms with Crippen molar-refractivity contribution < 1.29 is 0 Å². The van der Waals surface area contributed by atoms with E-state index in [2.05, 4.69) is 56.7 Å². The highest BCUT2D eigenvalue weighted by Gasteiger charge is 2.24. The van der Waals surface area contributed by atoms with E-state index in [1.807, 2.05) is 6.20 Å². The predicted molar refractivity (Wildman–Crippen MR) is 76.9 cm³/mol. The predicted octanol–water partition coefficient (Wildman–Crippen LogP) is 1.99. The third kappa shape index (κ3) is 3.08. The van der Waals surface area contributed by atoms with Crippen LogP contribution in [0.5, 0.6) is 0 Å². The Labute approximate surface area is 118 Å². The van der Waals surface area contributed by atoms with Crippen LogP contribution in [0.15, 0.2) is 6.20 Å². The van der Waals surface area contributed by atoms with Crippen molar-refractivity contribution in [2.45, 2.75) is 24.7 Å². The molecule has 1 saturated heterocycles. The van der Waals surface area contributed by atoms with Gasteiger partial charge < -0.3 is 4.90 Å². The van der Waals surface area contributed by atoms with E-state index in [1.54, 1.807) is 0 Å². The van der Waals surface area contributed by atoms with Gasteiger partial charge in [0.1, 0.15) is 5.82 Å². The van der Waals surface area contributed by atoms with Gasteiger partial charge in [0.15, 0.2) is 0 Å². The van der Waals surface area contributed by atoms with Gasteiger partial charge in [-0.05, 0) is 40.5 Å². The number of halogens is 1. The highest BCUT2D eigenvalue weighted by molar-refractivity contribution is 9.08. The number of alkyl halides is 1. The number of likely N-dealkylation sites (N-methyl/N-ethyl adjacent to an activating group) is 2. The molecular formula is C13H21BrN4. The van der Waals surface area contributed by atoms with Crippen LogP contribution in [0.1, 0.15) is 29.5 Å². The van der Waals surface area contributed by atoms with Gasteiger partial charge in [0.25, 0.3) is 0 Å². The number of aryl methyl sites for hydroxylation is 1. The summed E-state index contributed by atoms with van der Waals surface area (Å²) in [6, 6.07) is 0.306. The first kappa shape index (κ1) is 13.9. The van der Waals surface area contributed by atoms with Crippen LogP contribution in [0.4, 0.5) is 0 Å². The molecule has 5 heteroatoms. The van der Waals surface area contributed by atoms with Crippen molar-refractivity contribution in [2.24, 2.45) is 0 Å². The fraction of sp³-hybridized carbons (Fsp3) is 0.692. The number of nitrogens with zero attached hydrogens (tertiary/aromatic N) is 4. The summed E-state index contributed by atoms with van der Waals surface area (Å²) >= 11 is 3.46. The molecule has 2 heterocycles. The summed E-state index contributed by atoms with van der Waals surface area (Å²) in [7, 11) is 4.34. The first-order chi connectivity index (χ1) is 8.61. The highest BCUT2D eigenvalue weighted by Crippen LogP contribution is 2.21. The summed E-state index contributed by atoms with van der Waals surface area (Å²) in [5, 5.41) is 0.819. The minimum absolute atomic E-state index is 0.306. The lowest BCUT2D eigenvalue weighted by Crippen LogP contribution is -2.32. The zero-order valence-corrected chi connectivity index (χ0v) is 12.9. The second-order valence-electron chi connectivity index (χ2n) is 5.08. The first-order valence-corrected chi connectivity index (χ1v) is 7.51. The number of hydrogen-bond donors (Lipinski definition) is 0. The number of hydrogen-bond acceptors (Lipinski definition) is 4. The van der Waals surface area contributed by atoms with E-state index in [1.165, 1.54) is 12.0 Å². The van der Waals surface area contributed by atoms with E-state index < -0.39 is 0 Å². The quantitative estimate of drug-likeness (QED) is 0.782. The topological polar surface area (TPSA) is 32.3 Å². The van der Waals surface area contributed by atoms with Gasteiger partial charge in [-0.3, -0.25) is 4.90 Å². The van der Waals surface area contributed by atoms with Gasteiger partial charge in [-0.25, -0.2) is 9.97 Å². The van der Waals surface area contributed by atoms with Gasteiger partial charge in [0.2, 0.25) is 0 Å². The average molecular weight is 313 g/mol. The Morgan fingerprint density at radius 1 is 1.39 bits per heavy atom. The van der Waals surface area contributed by atoms with Gasteiger partial charge in [0, 0.05) is 29.3 Å². The molecule has 0 bridgehead atoms. The van der Waals surface area contributed by atoms with Crippen LogP contribution in [-0.2, 0) is 5.33 Å². The van der Waals surface area contributed by atoms with Crippen molar-refractivity contribution in [1.82, 2.24) is 19.8 Å². The molecule has 1 aromatic rings. The summed E-state index contributed by atoms with van der Waals surface area (Å²) < 4.78 is 0. The Morgan fingerprint density at radius 3 is 2.83 bits per heavy atom. The van der Waals surface area contributed by atoms with Crippen LogP contribution < -0.4 is 0 Å². The SMILES string of the molecule is Cc1nc(C2CN(C)CCCN2C)ncc1CBr. The van der Waals surface area contributed by atoms with Crippen LogP contribution in [0, 0.1) is 6.92 Å². The Morgan fingerprint density at radius 2 is 2.17 bits per heavy atom. The molecule has 0 saturated carbocycles. The Balaban J connectivity index is 2.25. The lowest BCUT2D eigenvalue weighted by molar-refractivity contribution is 0.219. The summed E-state index contributed by atoms with van der Waals surface area (Å²) in [5.41, 5.74) is 2.25. The summed E-state index contributed by atoms with van der Waals surface area (Å²) in [4.78, 5) is 14.0. The van der Waals surface area contributed by atoms with E-state index in [0.717, 1.165) is 36.5 Å². The average Bonchev–Trinajstić information content (AvgIpc) is 2.51. The zero-order valence-electron chi connectivity index (χ0n) is 11.4. The van der Waals surface area contributed by atoms with Crippen molar-refractivity contribution in [3.8, 4) is 0 Å². The van der Waals surface area contributed by atoms with E-state index in [9.17, 15) is 0 Å². The van der Waals surface area contributed by atoms with Gasteiger partial charge in [-0.15, -0.1) is 0 Å². The second kappa shape index (κ2) is 6.08. The molecule has 1 aliphatic heterocycles. The Bertz CT molecular complexity index is 410. The molecule has 1 atom stereocenters. The minimum Gasteiger partial charge on any atom is -0.304 e. The molecular weight excluding hydrogens is 292 g/mol. The lowest BCUT2D eigenvalue weighted by Gasteiger charge is -2.26. The molecule has 18 heavy (non-hydrogen) atoms. The molecule has 1 fully saturated rings. The third-order valence-corrected chi connectivity index (χ3v) is 4.21. The molecule has 0 amide bonds. The Hall–Kier alpha value is -0.520. The number of rotatable bonds is 2. The van der Waals surface area contributed by atoms with Gasteiger partial charge in [0.05, 0.1) is 6.04 Å². The molecule has 0 N–H and O–H groups in total.